The lowest BCUT2D eigenvalue weighted by atomic mass is 9.85. The Hall–Kier alpha value is -4.21. The highest BCUT2D eigenvalue weighted by Crippen LogP contribution is 2.30. The van der Waals surface area contributed by atoms with Crippen LogP contribution in [0.5, 0.6) is 0 Å². The number of ketones is 1. The van der Waals surface area contributed by atoms with Crippen molar-refractivity contribution in [2.45, 2.75) is 115 Å². The van der Waals surface area contributed by atoms with E-state index < -0.39 is 47.5 Å². The molecule has 5 atom stereocenters. The summed E-state index contributed by atoms with van der Waals surface area (Å²) in [5.74, 6) is -1.15. The van der Waals surface area contributed by atoms with Crippen molar-refractivity contribution in [3.05, 3.63) is 82.2 Å². The fraction of sp³-hybridized carbons (Fsp3) is 0.568. The summed E-state index contributed by atoms with van der Waals surface area (Å²) < 4.78 is 5.40. The van der Waals surface area contributed by atoms with E-state index >= 15 is 0 Å². The van der Waals surface area contributed by atoms with Gasteiger partial charge in [0.15, 0.2) is 5.78 Å². The molecule has 0 radical (unpaired) electrons. The van der Waals surface area contributed by atoms with E-state index in [-0.39, 0.29) is 24.5 Å². The number of azide groups is 1. The molecule has 0 spiro atoms. The van der Waals surface area contributed by atoms with Gasteiger partial charge in [-0.3, -0.25) is 19.2 Å². The van der Waals surface area contributed by atoms with Crippen molar-refractivity contribution >= 4 is 23.5 Å². The fourth-order valence-electron chi connectivity index (χ4n) is 6.43. The van der Waals surface area contributed by atoms with Gasteiger partial charge in [-0.1, -0.05) is 112 Å². The minimum Gasteiger partial charge on any atom is -0.361 e. The third-order valence-corrected chi connectivity index (χ3v) is 9.34. The molecule has 0 aromatic heterocycles. The number of benzene rings is 2. The van der Waals surface area contributed by atoms with Crippen LogP contribution in [0.25, 0.3) is 10.4 Å². The van der Waals surface area contributed by atoms with Gasteiger partial charge in [0.1, 0.15) is 23.7 Å². The van der Waals surface area contributed by atoms with Crippen LogP contribution in [0, 0.1) is 11.8 Å². The van der Waals surface area contributed by atoms with Crippen LogP contribution in [-0.4, -0.2) is 59.9 Å². The zero-order chi connectivity index (χ0) is 34.5. The number of Topliss-reactive ketones (excluding diaryl/α,β-unsaturated/α-hetero) is 1. The molecule has 1 saturated carbocycles. The van der Waals surface area contributed by atoms with Gasteiger partial charge >= 0.3 is 0 Å². The standard InChI is InChI=1S/C37H50N6O5/c1-25(2)21-30(33(44)37(3)24-48-37)40-35(46)31(22-27-15-9-5-10-16-27)41-34(45)29(20-19-26-13-7-4-8-14-26)39-36(47)32(42-43-38)23-28-17-11-6-12-18-28/h5-6,9-12,15-18,25-26,29-32H,4,7-8,13-14,19-24H2,1-3H3,(H,39,47)(H,40,46)(H,41,45). The molecule has 1 heterocycles. The molecule has 1 aliphatic heterocycles. The minimum absolute atomic E-state index is 0.128. The Morgan fingerprint density at radius 3 is 1.94 bits per heavy atom. The molecule has 3 N–H and O–H groups in total. The van der Waals surface area contributed by atoms with Gasteiger partial charge in [0.2, 0.25) is 17.7 Å². The van der Waals surface area contributed by atoms with Crippen LogP contribution in [-0.2, 0) is 36.8 Å². The Labute approximate surface area is 283 Å². The summed E-state index contributed by atoms with van der Waals surface area (Å²) in [7, 11) is 0. The van der Waals surface area contributed by atoms with Crippen molar-refractivity contribution in [1.29, 1.82) is 0 Å². The topological polar surface area (TPSA) is 166 Å². The molecule has 3 amide bonds. The van der Waals surface area contributed by atoms with Crippen LogP contribution in [0.4, 0.5) is 0 Å². The molecule has 5 unspecified atom stereocenters. The molecule has 1 aliphatic carbocycles. The number of hydrogen-bond donors (Lipinski definition) is 3. The zero-order valence-corrected chi connectivity index (χ0v) is 28.4. The first-order chi connectivity index (χ1) is 23.1. The van der Waals surface area contributed by atoms with Gasteiger partial charge in [0.05, 0.1) is 12.6 Å². The monoisotopic (exact) mass is 658 g/mol. The molecule has 48 heavy (non-hydrogen) atoms. The average molecular weight is 659 g/mol. The molecule has 2 aromatic rings. The summed E-state index contributed by atoms with van der Waals surface area (Å²) in [6.07, 6.45) is 7.54. The lowest BCUT2D eigenvalue weighted by Crippen LogP contribution is -2.58. The fourth-order valence-corrected chi connectivity index (χ4v) is 6.43. The van der Waals surface area contributed by atoms with Gasteiger partial charge < -0.3 is 20.7 Å². The summed E-state index contributed by atoms with van der Waals surface area (Å²) >= 11 is 0. The summed E-state index contributed by atoms with van der Waals surface area (Å²) in [5, 5.41) is 12.5. The third kappa shape index (κ3) is 11.2. The predicted octanol–water partition coefficient (Wildman–Crippen LogP) is 5.37. The third-order valence-electron chi connectivity index (χ3n) is 9.34. The minimum atomic E-state index is -1.06. The predicted molar refractivity (Wildman–Crippen MR) is 184 cm³/mol. The Morgan fingerprint density at radius 2 is 1.38 bits per heavy atom. The summed E-state index contributed by atoms with van der Waals surface area (Å²) in [4.78, 5) is 57.7. The number of amides is 3. The van der Waals surface area contributed by atoms with Gasteiger partial charge in [0.25, 0.3) is 0 Å². The zero-order valence-electron chi connectivity index (χ0n) is 28.4. The smallest absolute Gasteiger partial charge is 0.243 e. The first-order valence-corrected chi connectivity index (χ1v) is 17.3. The highest BCUT2D eigenvalue weighted by atomic mass is 16.6. The molecular formula is C37H50N6O5. The molecule has 1 saturated heterocycles. The second-order valence-corrected chi connectivity index (χ2v) is 13.9. The molecule has 4 rings (SSSR count). The Morgan fingerprint density at radius 1 is 0.833 bits per heavy atom. The summed E-state index contributed by atoms with van der Waals surface area (Å²) in [6, 6.07) is 14.8. The molecule has 0 bridgehead atoms. The van der Waals surface area contributed by atoms with Gasteiger partial charge in [0, 0.05) is 11.3 Å². The number of rotatable bonds is 18. The number of nitrogens with zero attached hydrogens (tertiary/aromatic N) is 3. The van der Waals surface area contributed by atoms with E-state index in [4.69, 9.17) is 4.74 Å². The van der Waals surface area contributed by atoms with Crippen LogP contribution in [0.2, 0.25) is 0 Å². The SMILES string of the molecule is CC(C)CC(NC(=O)C(Cc1ccccc1)NC(=O)C(CCC1CCCCC1)NC(=O)C(Cc1ccccc1)N=[N+]=[N-])C(=O)C1(C)CO1. The maximum atomic E-state index is 14.1. The average Bonchev–Trinajstić information content (AvgIpc) is 3.84. The first-order valence-electron chi connectivity index (χ1n) is 17.3. The lowest BCUT2D eigenvalue weighted by Gasteiger charge is -2.28. The Bertz CT molecular complexity index is 1420. The molecule has 11 nitrogen and oxygen atoms in total. The Kier molecular flexibility index (Phi) is 13.6. The van der Waals surface area contributed by atoms with Gasteiger partial charge in [-0.25, -0.2) is 0 Å². The molecular weight excluding hydrogens is 608 g/mol. The number of carbonyl (C=O) groups excluding carboxylic acids is 4. The molecule has 2 aromatic carbocycles. The summed E-state index contributed by atoms with van der Waals surface area (Å²) in [5.41, 5.74) is 9.98. The maximum Gasteiger partial charge on any atom is 0.243 e. The second kappa shape index (κ2) is 17.8. The van der Waals surface area contributed by atoms with Crippen LogP contribution in [0.15, 0.2) is 65.8 Å². The Balaban J connectivity index is 1.55. The van der Waals surface area contributed by atoms with Crippen LogP contribution in [0.3, 0.4) is 0 Å². The largest absolute Gasteiger partial charge is 0.361 e. The van der Waals surface area contributed by atoms with E-state index in [1.807, 2.05) is 74.5 Å². The number of nitrogens with one attached hydrogen (secondary N) is 3. The summed E-state index contributed by atoms with van der Waals surface area (Å²) in [6.45, 7) is 5.99. The van der Waals surface area contributed by atoms with Crippen molar-refractivity contribution in [2.24, 2.45) is 17.0 Å². The highest BCUT2D eigenvalue weighted by molar-refractivity contribution is 5.98. The quantitative estimate of drug-likeness (QED) is 0.0847. The van der Waals surface area contributed by atoms with Gasteiger partial charge in [-0.05, 0) is 61.1 Å². The van der Waals surface area contributed by atoms with E-state index in [9.17, 15) is 24.7 Å². The second-order valence-electron chi connectivity index (χ2n) is 13.9. The molecule has 11 heteroatoms. The normalized spacial score (nSPS) is 20.0. The van der Waals surface area contributed by atoms with E-state index in [1.165, 1.54) is 6.42 Å². The number of hydrogen-bond acceptors (Lipinski definition) is 6. The van der Waals surface area contributed by atoms with Gasteiger partial charge in [-0.15, -0.1) is 0 Å². The molecule has 2 fully saturated rings. The molecule has 258 valence electrons. The van der Waals surface area contributed by atoms with Crippen molar-refractivity contribution in [1.82, 2.24) is 16.0 Å². The van der Waals surface area contributed by atoms with Crippen LogP contribution < -0.4 is 16.0 Å². The number of carbonyl (C=O) groups is 4. The number of epoxide rings is 1. The lowest BCUT2D eigenvalue weighted by molar-refractivity contribution is -0.134. The maximum absolute atomic E-state index is 14.1. The first kappa shape index (κ1) is 36.6. The van der Waals surface area contributed by atoms with Crippen molar-refractivity contribution in [3.63, 3.8) is 0 Å². The van der Waals surface area contributed by atoms with E-state index in [1.54, 1.807) is 6.92 Å². The van der Waals surface area contributed by atoms with Crippen molar-refractivity contribution in [2.75, 3.05) is 6.61 Å². The van der Waals surface area contributed by atoms with E-state index in [0.29, 0.717) is 25.4 Å². The molecule has 2 aliphatic rings. The van der Waals surface area contributed by atoms with E-state index in [0.717, 1.165) is 43.2 Å². The van der Waals surface area contributed by atoms with Gasteiger partial charge in [-0.2, -0.15) is 0 Å². The highest BCUT2D eigenvalue weighted by Gasteiger charge is 2.50. The van der Waals surface area contributed by atoms with Crippen LogP contribution >= 0.6 is 0 Å². The van der Waals surface area contributed by atoms with Crippen molar-refractivity contribution < 1.29 is 23.9 Å². The van der Waals surface area contributed by atoms with Crippen LogP contribution in [0.1, 0.15) is 83.3 Å². The number of ether oxygens (including phenoxy) is 1. The van der Waals surface area contributed by atoms with Crippen molar-refractivity contribution in [3.8, 4) is 0 Å². The van der Waals surface area contributed by atoms with E-state index in [2.05, 4.69) is 26.0 Å².